The molecule has 3 aromatic carbocycles. The maximum atomic E-state index is 12.4. The zero-order valence-corrected chi connectivity index (χ0v) is 22.1. The Labute approximate surface area is 221 Å². The number of amides is 2. The van der Waals surface area contributed by atoms with Gasteiger partial charge in [-0.3, -0.25) is 13.9 Å². The van der Waals surface area contributed by atoms with Crippen molar-refractivity contribution in [3.05, 3.63) is 88.4 Å². The summed E-state index contributed by atoms with van der Waals surface area (Å²) in [5, 5.41) is 7.11. The zero-order chi connectivity index (χ0) is 27.0. The fourth-order valence-electron chi connectivity index (χ4n) is 3.28. The molecule has 3 rings (SSSR count). The van der Waals surface area contributed by atoms with Gasteiger partial charge in [0.1, 0.15) is 12.3 Å². The Morgan fingerprint density at radius 3 is 2.43 bits per heavy atom. The Balaban J connectivity index is 1.52. The van der Waals surface area contributed by atoms with Crippen LogP contribution in [0.3, 0.4) is 0 Å². The van der Waals surface area contributed by atoms with Gasteiger partial charge in [-0.25, -0.2) is 13.8 Å². The lowest BCUT2D eigenvalue weighted by molar-refractivity contribution is -0.119. The Kier molecular flexibility index (Phi) is 9.26. The van der Waals surface area contributed by atoms with Crippen LogP contribution in [0.5, 0.6) is 5.75 Å². The second-order valence-electron chi connectivity index (χ2n) is 8.27. The average Bonchev–Trinajstić information content (AvgIpc) is 2.83. The molecular weight excluding hydrogens is 516 g/mol. The predicted molar refractivity (Wildman–Crippen MR) is 146 cm³/mol. The first-order valence-corrected chi connectivity index (χ1v) is 13.4. The fourth-order valence-corrected chi connectivity index (χ4v) is 4.37. The van der Waals surface area contributed by atoms with E-state index in [1.54, 1.807) is 67.6 Å². The van der Waals surface area contributed by atoms with Crippen LogP contribution in [-0.4, -0.2) is 45.9 Å². The van der Waals surface area contributed by atoms with Crippen molar-refractivity contribution in [2.45, 2.75) is 13.8 Å². The summed E-state index contributed by atoms with van der Waals surface area (Å²) < 4.78 is 31.2. The molecule has 2 N–H and O–H groups in total. The Morgan fingerprint density at radius 1 is 1.03 bits per heavy atom. The molecule has 2 amide bonds. The van der Waals surface area contributed by atoms with Crippen molar-refractivity contribution in [3.63, 3.8) is 0 Å². The third kappa shape index (κ3) is 8.62. The van der Waals surface area contributed by atoms with Crippen molar-refractivity contribution in [2.75, 3.05) is 29.0 Å². The number of aryl methyl sites for hydroxylation is 2. The number of nitrogens with one attached hydrogen (secondary N) is 2. The zero-order valence-electron chi connectivity index (χ0n) is 20.6. The molecule has 9 nitrogen and oxygen atoms in total. The molecule has 0 saturated heterocycles. The second-order valence-corrected chi connectivity index (χ2v) is 10.6. The van der Waals surface area contributed by atoms with Crippen molar-refractivity contribution in [3.8, 4) is 5.75 Å². The van der Waals surface area contributed by atoms with Crippen LogP contribution in [0, 0.1) is 13.8 Å². The minimum atomic E-state index is -3.69. The van der Waals surface area contributed by atoms with Crippen LogP contribution in [0.4, 0.5) is 11.4 Å². The lowest BCUT2D eigenvalue weighted by atomic mass is 10.1. The number of sulfonamides is 1. The highest BCUT2D eigenvalue weighted by Crippen LogP contribution is 2.23. The number of nitrogens with zero attached hydrogens (tertiary/aromatic N) is 2. The van der Waals surface area contributed by atoms with Crippen molar-refractivity contribution >= 4 is 51.0 Å². The largest absolute Gasteiger partial charge is 0.484 e. The topological polar surface area (TPSA) is 117 Å². The van der Waals surface area contributed by atoms with Crippen LogP contribution >= 0.6 is 11.6 Å². The Morgan fingerprint density at radius 2 is 1.76 bits per heavy atom. The molecule has 3 aromatic rings. The van der Waals surface area contributed by atoms with E-state index in [0.717, 1.165) is 21.7 Å². The summed E-state index contributed by atoms with van der Waals surface area (Å²) in [4.78, 5) is 24.5. The van der Waals surface area contributed by atoms with E-state index in [4.69, 9.17) is 16.3 Å². The van der Waals surface area contributed by atoms with Gasteiger partial charge in [-0.05, 0) is 79.1 Å². The second kappa shape index (κ2) is 12.4. The summed E-state index contributed by atoms with van der Waals surface area (Å²) in [5.41, 5.74) is 5.63. The molecule has 0 radical (unpaired) electrons. The number of hydrazone groups is 1. The number of carbonyl (C=O) groups is 2. The van der Waals surface area contributed by atoms with Gasteiger partial charge in [0.05, 0.1) is 18.2 Å². The normalized spacial score (nSPS) is 11.2. The van der Waals surface area contributed by atoms with E-state index < -0.39 is 22.5 Å². The lowest BCUT2D eigenvalue weighted by Gasteiger charge is -2.23. The average molecular weight is 543 g/mol. The van der Waals surface area contributed by atoms with Gasteiger partial charge in [0.15, 0.2) is 6.61 Å². The van der Waals surface area contributed by atoms with Gasteiger partial charge >= 0.3 is 0 Å². The van der Waals surface area contributed by atoms with Crippen LogP contribution in [0.1, 0.15) is 16.7 Å². The summed E-state index contributed by atoms with van der Waals surface area (Å²) >= 11 is 5.90. The minimum absolute atomic E-state index is 0.187. The third-order valence-electron chi connectivity index (χ3n) is 5.08. The highest BCUT2D eigenvalue weighted by Gasteiger charge is 2.22. The van der Waals surface area contributed by atoms with E-state index in [1.807, 2.05) is 13.0 Å². The lowest BCUT2D eigenvalue weighted by Crippen LogP contribution is -2.39. The van der Waals surface area contributed by atoms with Gasteiger partial charge < -0.3 is 10.1 Å². The summed E-state index contributed by atoms with van der Waals surface area (Å²) in [7, 11) is -3.69. The van der Waals surface area contributed by atoms with E-state index in [-0.39, 0.29) is 12.5 Å². The number of hydrogen-bond donors (Lipinski definition) is 2. The molecule has 11 heteroatoms. The van der Waals surface area contributed by atoms with Crippen molar-refractivity contribution < 1.29 is 22.7 Å². The Bertz CT molecular complexity index is 1410. The number of halogens is 1. The number of benzene rings is 3. The highest BCUT2D eigenvalue weighted by atomic mass is 35.5. The van der Waals surface area contributed by atoms with Crippen LogP contribution in [0.15, 0.2) is 71.8 Å². The summed E-state index contributed by atoms with van der Waals surface area (Å²) in [6.07, 6.45) is 2.46. The molecule has 0 atom stereocenters. The number of hydrogen-bond acceptors (Lipinski definition) is 6. The first-order valence-electron chi connectivity index (χ1n) is 11.2. The van der Waals surface area contributed by atoms with Gasteiger partial charge in [-0.15, -0.1) is 0 Å². The summed E-state index contributed by atoms with van der Waals surface area (Å²) in [6, 6.07) is 18.9. The monoisotopic (exact) mass is 542 g/mol. The van der Waals surface area contributed by atoms with Crippen LogP contribution in [0.2, 0.25) is 5.02 Å². The molecule has 0 bridgehead atoms. The predicted octanol–water partition coefficient (Wildman–Crippen LogP) is 3.89. The molecule has 0 aliphatic rings. The van der Waals surface area contributed by atoms with Gasteiger partial charge in [0, 0.05) is 10.7 Å². The van der Waals surface area contributed by atoms with Gasteiger partial charge in [-0.1, -0.05) is 29.8 Å². The molecule has 0 fully saturated rings. The molecule has 0 spiro atoms. The fraction of sp³-hybridized carbons (Fsp3) is 0.192. The smallest absolute Gasteiger partial charge is 0.262 e. The first-order chi connectivity index (χ1) is 17.5. The highest BCUT2D eigenvalue weighted by molar-refractivity contribution is 7.92. The van der Waals surface area contributed by atoms with Crippen molar-refractivity contribution in [2.24, 2.45) is 5.10 Å². The van der Waals surface area contributed by atoms with Gasteiger partial charge in [-0.2, -0.15) is 5.10 Å². The molecule has 0 heterocycles. The third-order valence-corrected chi connectivity index (χ3v) is 6.44. The summed E-state index contributed by atoms with van der Waals surface area (Å²) in [5.74, 6) is -0.451. The molecule has 0 unspecified atom stereocenters. The van der Waals surface area contributed by atoms with E-state index in [2.05, 4.69) is 15.8 Å². The van der Waals surface area contributed by atoms with Gasteiger partial charge in [0.2, 0.25) is 10.0 Å². The van der Waals surface area contributed by atoms with Crippen molar-refractivity contribution in [1.29, 1.82) is 0 Å². The number of ether oxygens (including phenoxy) is 1. The number of carbonyl (C=O) groups excluding carboxylic acids is 2. The van der Waals surface area contributed by atoms with E-state index in [9.17, 15) is 18.0 Å². The van der Waals surface area contributed by atoms with E-state index in [0.29, 0.717) is 27.7 Å². The van der Waals surface area contributed by atoms with Crippen molar-refractivity contribution in [1.82, 2.24) is 5.43 Å². The molecule has 0 aromatic heterocycles. The maximum Gasteiger partial charge on any atom is 0.262 e. The quantitative estimate of drug-likeness (QED) is 0.298. The van der Waals surface area contributed by atoms with E-state index in [1.165, 1.54) is 6.21 Å². The van der Waals surface area contributed by atoms with Crippen LogP contribution in [0.25, 0.3) is 0 Å². The number of rotatable bonds is 10. The van der Waals surface area contributed by atoms with E-state index >= 15 is 0 Å². The first kappa shape index (κ1) is 27.7. The Hall–Kier alpha value is -3.89. The SMILES string of the molecule is Cc1ccc(C)c(N(CC(=O)NN=Cc2ccc(OCC(=O)Nc3cccc(Cl)c3)cc2)S(C)(=O)=O)c1. The van der Waals surface area contributed by atoms with Crippen LogP contribution in [-0.2, 0) is 19.6 Å². The minimum Gasteiger partial charge on any atom is -0.484 e. The summed E-state index contributed by atoms with van der Waals surface area (Å²) in [6.45, 7) is 3.03. The number of anilines is 2. The van der Waals surface area contributed by atoms with Gasteiger partial charge in [0.25, 0.3) is 11.8 Å². The molecule has 0 aliphatic carbocycles. The van der Waals surface area contributed by atoms with Crippen LogP contribution < -0.4 is 19.8 Å². The molecule has 0 saturated carbocycles. The molecule has 194 valence electrons. The molecule has 0 aliphatic heterocycles. The molecule has 37 heavy (non-hydrogen) atoms. The maximum absolute atomic E-state index is 12.4. The molecular formula is C26H27ClN4O5S. The standard InChI is InChI=1S/C26H27ClN4O5S/c1-18-7-8-19(2)24(13-18)31(37(3,34)35)16-25(32)30-28-15-20-9-11-23(12-10-20)36-17-26(33)29-22-6-4-5-21(27)14-22/h4-15H,16-17H2,1-3H3,(H,29,33)(H,30,32).